The molecule has 0 bridgehead atoms. The molecule has 1 aliphatic heterocycles. The molecule has 8 heteroatoms. The maximum atomic E-state index is 14.9. The number of ether oxygens (including phenoxy) is 1. The van der Waals surface area contributed by atoms with E-state index in [0.717, 1.165) is 16.8 Å². The summed E-state index contributed by atoms with van der Waals surface area (Å²) in [6, 6.07) is 18.2. The van der Waals surface area contributed by atoms with Crippen LogP contribution in [-0.4, -0.2) is 36.2 Å². The van der Waals surface area contributed by atoms with Crippen LogP contribution < -0.4 is 15.5 Å². The van der Waals surface area contributed by atoms with Crippen molar-refractivity contribution in [3.63, 3.8) is 0 Å². The molecule has 1 fully saturated rings. The minimum atomic E-state index is -0.556. The Labute approximate surface area is 191 Å². The third-order valence-corrected chi connectivity index (χ3v) is 5.34. The second kappa shape index (κ2) is 10.2. The predicted octanol–water partition coefficient (Wildman–Crippen LogP) is 3.64. The fraction of sp³-hybridized carbons (Fsp3) is 0.240. The molecular weight excluding hydrogens is 423 g/mol. The zero-order valence-electron chi connectivity index (χ0n) is 18.3. The number of hydrogen-bond acceptors (Lipinski definition) is 5. The lowest BCUT2D eigenvalue weighted by atomic mass is 10.0. The first kappa shape index (κ1) is 22.4. The Hall–Kier alpha value is -3.78. The number of carbonyl (C=O) groups is 2. The molecule has 1 aliphatic rings. The maximum absolute atomic E-state index is 14.9. The molecule has 0 aliphatic carbocycles. The van der Waals surface area contributed by atoms with Crippen LogP contribution in [0.1, 0.15) is 18.2 Å². The number of aromatic nitrogens is 1. The molecule has 2 N–H and O–H groups in total. The number of nitrogens with one attached hydrogen (secondary N) is 2. The molecule has 33 heavy (non-hydrogen) atoms. The summed E-state index contributed by atoms with van der Waals surface area (Å²) in [7, 11) is 0. The van der Waals surface area contributed by atoms with E-state index in [0.29, 0.717) is 24.3 Å². The molecule has 0 radical (unpaired) electrons. The zero-order chi connectivity index (χ0) is 23.2. The lowest BCUT2D eigenvalue weighted by Gasteiger charge is -2.15. The molecule has 2 aromatic carbocycles. The molecule has 1 atom stereocenters. The number of anilines is 1. The van der Waals surface area contributed by atoms with Gasteiger partial charge in [-0.25, -0.2) is 9.18 Å². The van der Waals surface area contributed by atoms with Crippen molar-refractivity contribution in [3.05, 3.63) is 83.9 Å². The molecule has 1 aromatic heterocycles. The molecule has 0 unspecified atom stereocenters. The molecule has 3 aromatic rings. The van der Waals surface area contributed by atoms with Crippen molar-refractivity contribution in [1.82, 2.24) is 15.6 Å². The van der Waals surface area contributed by atoms with Gasteiger partial charge in [0.05, 0.1) is 24.5 Å². The SMILES string of the molecule is CC(=O)NC[C@H]1CN(c2ccc(-c3ccc(CNCc4ccccn4)cc3)c(F)c2)C(=O)O1. The van der Waals surface area contributed by atoms with Crippen molar-refractivity contribution in [2.45, 2.75) is 26.1 Å². The smallest absolute Gasteiger partial charge is 0.414 e. The highest BCUT2D eigenvalue weighted by Crippen LogP contribution is 2.29. The maximum Gasteiger partial charge on any atom is 0.414 e. The molecule has 170 valence electrons. The average molecular weight is 448 g/mol. The summed E-state index contributed by atoms with van der Waals surface area (Å²) in [5.41, 5.74) is 3.67. The molecular formula is C25H25FN4O3. The number of rotatable bonds is 8. The lowest BCUT2D eigenvalue weighted by Crippen LogP contribution is -2.33. The van der Waals surface area contributed by atoms with E-state index in [-0.39, 0.29) is 19.0 Å². The van der Waals surface area contributed by atoms with Gasteiger partial charge >= 0.3 is 6.09 Å². The summed E-state index contributed by atoms with van der Waals surface area (Å²) in [4.78, 5) is 28.9. The van der Waals surface area contributed by atoms with Crippen LogP contribution in [0.25, 0.3) is 11.1 Å². The molecule has 4 rings (SSSR count). The highest BCUT2D eigenvalue weighted by atomic mass is 19.1. The van der Waals surface area contributed by atoms with Gasteiger partial charge in [-0.2, -0.15) is 0 Å². The fourth-order valence-electron chi connectivity index (χ4n) is 3.64. The Bertz CT molecular complexity index is 1120. The summed E-state index contributed by atoms with van der Waals surface area (Å²) in [6.07, 6.45) is 0.741. The van der Waals surface area contributed by atoms with Gasteiger partial charge in [-0.05, 0) is 41.5 Å². The van der Waals surface area contributed by atoms with Crippen LogP contribution in [0.2, 0.25) is 0 Å². The van der Waals surface area contributed by atoms with Gasteiger partial charge in [-0.3, -0.25) is 14.7 Å². The van der Waals surface area contributed by atoms with E-state index in [2.05, 4.69) is 15.6 Å². The number of halogens is 1. The Balaban J connectivity index is 1.37. The van der Waals surface area contributed by atoms with Gasteiger partial charge in [0.15, 0.2) is 0 Å². The second-order valence-corrected chi connectivity index (χ2v) is 7.84. The van der Waals surface area contributed by atoms with E-state index in [1.807, 2.05) is 42.5 Å². The van der Waals surface area contributed by atoms with Crippen LogP contribution in [-0.2, 0) is 22.6 Å². The third kappa shape index (κ3) is 5.72. The first-order valence-electron chi connectivity index (χ1n) is 10.7. The van der Waals surface area contributed by atoms with Crippen LogP contribution in [0.15, 0.2) is 66.9 Å². The van der Waals surface area contributed by atoms with Crippen LogP contribution in [0, 0.1) is 5.82 Å². The second-order valence-electron chi connectivity index (χ2n) is 7.84. The van der Waals surface area contributed by atoms with Crippen LogP contribution >= 0.6 is 0 Å². The number of cyclic esters (lactones) is 1. The van der Waals surface area contributed by atoms with Crippen LogP contribution in [0.4, 0.5) is 14.9 Å². The average Bonchev–Trinajstić information content (AvgIpc) is 3.19. The molecule has 0 spiro atoms. The van der Waals surface area contributed by atoms with Gasteiger partial charge < -0.3 is 15.4 Å². The topological polar surface area (TPSA) is 83.6 Å². The summed E-state index contributed by atoms with van der Waals surface area (Å²) < 4.78 is 20.2. The van der Waals surface area contributed by atoms with Gasteiger partial charge in [-0.1, -0.05) is 30.3 Å². The summed E-state index contributed by atoms with van der Waals surface area (Å²) in [6.45, 7) is 3.21. The highest BCUT2D eigenvalue weighted by molar-refractivity contribution is 5.90. The third-order valence-electron chi connectivity index (χ3n) is 5.34. The van der Waals surface area contributed by atoms with Crippen LogP contribution in [0.3, 0.4) is 0 Å². The van der Waals surface area contributed by atoms with E-state index >= 15 is 0 Å². The number of pyridine rings is 1. The lowest BCUT2D eigenvalue weighted by molar-refractivity contribution is -0.119. The van der Waals surface area contributed by atoms with E-state index in [4.69, 9.17) is 4.74 Å². The van der Waals surface area contributed by atoms with E-state index in [1.54, 1.807) is 18.3 Å². The minimum absolute atomic E-state index is 0.199. The Morgan fingerprint density at radius 1 is 1.15 bits per heavy atom. The molecule has 2 amide bonds. The summed E-state index contributed by atoms with van der Waals surface area (Å²) in [5, 5.41) is 5.96. The van der Waals surface area contributed by atoms with Crippen molar-refractivity contribution in [1.29, 1.82) is 0 Å². The Morgan fingerprint density at radius 2 is 1.97 bits per heavy atom. The number of hydrogen-bond donors (Lipinski definition) is 2. The van der Waals surface area contributed by atoms with Crippen LogP contribution in [0.5, 0.6) is 0 Å². The van der Waals surface area contributed by atoms with Crippen molar-refractivity contribution in [2.75, 3.05) is 18.0 Å². The number of amides is 2. The molecule has 7 nitrogen and oxygen atoms in total. The minimum Gasteiger partial charge on any atom is -0.442 e. The van der Waals surface area contributed by atoms with E-state index in [1.165, 1.54) is 17.9 Å². The highest BCUT2D eigenvalue weighted by Gasteiger charge is 2.32. The largest absolute Gasteiger partial charge is 0.442 e. The van der Waals surface area contributed by atoms with Gasteiger partial charge in [-0.15, -0.1) is 0 Å². The monoisotopic (exact) mass is 448 g/mol. The van der Waals surface area contributed by atoms with Gasteiger partial charge in [0.1, 0.15) is 11.9 Å². The van der Waals surface area contributed by atoms with Crippen molar-refractivity contribution < 1.29 is 18.7 Å². The van der Waals surface area contributed by atoms with Crippen molar-refractivity contribution in [3.8, 4) is 11.1 Å². The van der Waals surface area contributed by atoms with E-state index < -0.39 is 18.0 Å². The zero-order valence-corrected chi connectivity index (χ0v) is 18.3. The van der Waals surface area contributed by atoms with Crippen molar-refractivity contribution >= 4 is 17.7 Å². The Morgan fingerprint density at radius 3 is 2.67 bits per heavy atom. The summed E-state index contributed by atoms with van der Waals surface area (Å²) in [5.74, 6) is -0.624. The van der Waals surface area contributed by atoms with E-state index in [9.17, 15) is 14.0 Å². The van der Waals surface area contributed by atoms with Crippen molar-refractivity contribution in [2.24, 2.45) is 0 Å². The van der Waals surface area contributed by atoms with Gasteiger partial charge in [0.2, 0.25) is 5.91 Å². The fourth-order valence-corrected chi connectivity index (χ4v) is 3.64. The molecule has 0 saturated carbocycles. The number of benzene rings is 2. The molecule has 2 heterocycles. The first-order chi connectivity index (χ1) is 16.0. The molecule has 1 saturated heterocycles. The quantitative estimate of drug-likeness (QED) is 0.550. The Kier molecular flexibility index (Phi) is 6.95. The predicted molar refractivity (Wildman–Crippen MR) is 123 cm³/mol. The standard InChI is InChI=1S/C25H25FN4O3/c1-17(31)29-15-22-16-30(25(32)33-22)21-9-10-23(24(26)12-21)19-7-5-18(6-8-19)13-27-14-20-4-2-3-11-28-20/h2-12,22,27H,13-16H2,1H3,(H,29,31)/t22-/m0/s1. The first-order valence-corrected chi connectivity index (χ1v) is 10.7. The van der Waals surface area contributed by atoms with Gasteiger partial charge in [0.25, 0.3) is 0 Å². The number of nitrogens with zero attached hydrogens (tertiary/aromatic N) is 2. The number of carbonyl (C=O) groups excluding carboxylic acids is 2. The normalized spacial score (nSPS) is 15.4. The summed E-state index contributed by atoms with van der Waals surface area (Å²) >= 11 is 0. The van der Waals surface area contributed by atoms with Gasteiger partial charge in [0, 0.05) is 31.8 Å².